The van der Waals surface area contributed by atoms with E-state index in [1.807, 2.05) is 18.3 Å². The average Bonchev–Trinajstić information content (AvgIpc) is 3.13. The molecule has 4 aromatic carbocycles. The first-order valence-electron chi connectivity index (χ1n) is 10.1. The number of hydrogen-bond acceptors (Lipinski definition) is 2. The summed E-state index contributed by atoms with van der Waals surface area (Å²) in [5.41, 5.74) is 6.09. The number of para-hydroxylation sites is 1. The van der Waals surface area contributed by atoms with E-state index in [-0.39, 0.29) is 0 Å². The number of aromatic nitrogens is 2. The molecule has 0 N–H and O–H groups in total. The molecule has 0 spiro atoms. The second-order valence-electron chi connectivity index (χ2n) is 7.64. The largest absolute Gasteiger partial charge is 0.456 e. The first-order chi connectivity index (χ1) is 14.9. The number of pyridine rings is 1. The molecule has 0 saturated carbocycles. The van der Waals surface area contributed by atoms with Gasteiger partial charge < -0.3 is 8.98 Å². The molecule has 0 fully saturated rings. The van der Waals surface area contributed by atoms with Gasteiger partial charge in [-0.2, -0.15) is 0 Å². The van der Waals surface area contributed by atoms with Crippen LogP contribution in [0.1, 0.15) is 0 Å². The van der Waals surface area contributed by atoms with Crippen LogP contribution in [-0.4, -0.2) is 9.55 Å². The second-order valence-corrected chi connectivity index (χ2v) is 7.64. The third-order valence-corrected chi connectivity index (χ3v) is 6.01. The maximum atomic E-state index is 6.24. The van der Waals surface area contributed by atoms with E-state index in [1.54, 1.807) is 0 Å². The van der Waals surface area contributed by atoms with Crippen molar-refractivity contribution in [2.45, 2.75) is 0 Å². The Morgan fingerprint density at radius 2 is 1.37 bits per heavy atom. The van der Waals surface area contributed by atoms with Crippen LogP contribution >= 0.6 is 0 Å². The summed E-state index contributed by atoms with van der Waals surface area (Å²) in [6, 6.07) is 31.5. The Hall–Kier alpha value is -4.11. The Morgan fingerprint density at radius 1 is 0.633 bits per heavy atom. The summed E-state index contributed by atoms with van der Waals surface area (Å²) < 4.78 is 8.58. The molecule has 0 saturated heterocycles. The van der Waals surface area contributed by atoms with Gasteiger partial charge in [0, 0.05) is 33.4 Å². The van der Waals surface area contributed by atoms with Gasteiger partial charge in [0.1, 0.15) is 11.2 Å². The van der Waals surface area contributed by atoms with Gasteiger partial charge >= 0.3 is 0 Å². The Morgan fingerprint density at radius 3 is 2.27 bits per heavy atom. The van der Waals surface area contributed by atoms with Crippen LogP contribution in [0.3, 0.4) is 0 Å². The minimum atomic E-state index is 0.894. The van der Waals surface area contributed by atoms with Gasteiger partial charge in [-0.1, -0.05) is 60.7 Å². The van der Waals surface area contributed by atoms with Gasteiger partial charge in [0.05, 0.1) is 21.9 Å². The molecule has 3 nitrogen and oxygen atoms in total. The van der Waals surface area contributed by atoms with Gasteiger partial charge in [-0.15, -0.1) is 0 Å². The van der Waals surface area contributed by atoms with Crippen molar-refractivity contribution in [3.05, 3.63) is 97.2 Å². The molecule has 0 bridgehead atoms. The fourth-order valence-electron chi connectivity index (χ4n) is 4.77. The smallest absolute Gasteiger partial charge is 0.137 e. The first kappa shape index (κ1) is 15.8. The predicted octanol–water partition coefficient (Wildman–Crippen LogP) is 7.23. The molecule has 30 heavy (non-hydrogen) atoms. The highest BCUT2D eigenvalue weighted by Crippen LogP contribution is 2.41. The Bertz CT molecular complexity index is 1740. The van der Waals surface area contributed by atoms with Gasteiger partial charge in [-0.3, -0.25) is 4.98 Å². The van der Waals surface area contributed by atoms with Crippen molar-refractivity contribution in [1.82, 2.24) is 9.55 Å². The lowest BCUT2D eigenvalue weighted by molar-refractivity contribution is 0.669. The van der Waals surface area contributed by atoms with E-state index in [0.717, 1.165) is 54.9 Å². The number of benzene rings is 4. The summed E-state index contributed by atoms with van der Waals surface area (Å²) in [4.78, 5) is 4.97. The number of fused-ring (bicyclic) bond motifs is 4. The third kappa shape index (κ3) is 1.96. The molecule has 3 aromatic heterocycles. The quantitative estimate of drug-likeness (QED) is 0.299. The minimum Gasteiger partial charge on any atom is -0.456 e. The fourth-order valence-corrected chi connectivity index (χ4v) is 4.77. The maximum Gasteiger partial charge on any atom is 0.137 e. The molecule has 0 unspecified atom stereocenters. The molecule has 0 aliphatic carbocycles. The maximum absolute atomic E-state index is 6.24. The van der Waals surface area contributed by atoms with Crippen LogP contribution in [0, 0.1) is 0 Å². The van der Waals surface area contributed by atoms with E-state index < -0.39 is 0 Å². The van der Waals surface area contributed by atoms with Crippen molar-refractivity contribution in [3.8, 4) is 5.69 Å². The number of rotatable bonds is 1. The topological polar surface area (TPSA) is 31.0 Å². The number of hydrogen-bond donors (Lipinski definition) is 0. The zero-order chi connectivity index (χ0) is 19.7. The third-order valence-electron chi connectivity index (χ3n) is 6.01. The first-order valence-corrected chi connectivity index (χ1v) is 10.1. The monoisotopic (exact) mass is 384 g/mol. The zero-order valence-electron chi connectivity index (χ0n) is 16.0. The molecule has 7 rings (SSSR count). The molecule has 0 atom stereocenters. The lowest BCUT2D eigenvalue weighted by Gasteiger charge is -2.13. The van der Waals surface area contributed by atoms with E-state index >= 15 is 0 Å². The molecule has 0 amide bonds. The highest BCUT2D eigenvalue weighted by Gasteiger charge is 2.19. The average molecular weight is 384 g/mol. The molecule has 3 heteroatoms. The van der Waals surface area contributed by atoms with E-state index in [1.165, 1.54) is 5.39 Å². The van der Waals surface area contributed by atoms with E-state index in [2.05, 4.69) is 83.4 Å². The van der Waals surface area contributed by atoms with Crippen LogP contribution in [-0.2, 0) is 0 Å². The van der Waals surface area contributed by atoms with Crippen molar-refractivity contribution in [2.24, 2.45) is 0 Å². The SMILES string of the molecule is c1ccc(-n2c3cccc4oc5cccc(c6ncc7ccccc7c62)c5c43)cc1. The van der Waals surface area contributed by atoms with Crippen LogP contribution in [0.15, 0.2) is 102 Å². The lowest BCUT2D eigenvalue weighted by Crippen LogP contribution is -1.98. The normalized spacial score (nSPS) is 12.0. The molecular weight excluding hydrogens is 368 g/mol. The van der Waals surface area contributed by atoms with Gasteiger partial charge in [-0.05, 0) is 30.3 Å². The van der Waals surface area contributed by atoms with Crippen molar-refractivity contribution in [1.29, 1.82) is 0 Å². The molecule has 0 radical (unpaired) electrons. The number of nitrogens with zero attached hydrogens (tertiary/aromatic N) is 2. The summed E-state index contributed by atoms with van der Waals surface area (Å²) in [5, 5.41) is 5.68. The van der Waals surface area contributed by atoms with E-state index in [9.17, 15) is 0 Å². The minimum absolute atomic E-state index is 0.894. The Kier molecular flexibility index (Phi) is 3.00. The van der Waals surface area contributed by atoms with Gasteiger partial charge in [0.15, 0.2) is 0 Å². The van der Waals surface area contributed by atoms with E-state index in [0.29, 0.717) is 0 Å². The van der Waals surface area contributed by atoms with Crippen molar-refractivity contribution >= 4 is 54.6 Å². The standard InChI is InChI=1S/C27H16N2O/c1-2-9-18(10-3-1)29-21-13-7-15-23-25(21)24-20(12-6-14-22(24)30-23)26-27(29)19-11-5-4-8-17(19)16-28-26/h1-16H. The fraction of sp³-hybridized carbons (Fsp3) is 0. The van der Waals surface area contributed by atoms with Gasteiger partial charge in [0.2, 0.25) is 0 Å². The van der Waals surface area contributed by atoms with Crippen molar-refractivity contribution in [3.63, 3.8) is 0 Å². The Labute approximate surface area is 171 Å². The highest BCUT2D eigenvalue weighted by atomic mass is 16.3. The summed E-state index contributed by atoms with van der Waals surface area (Å²) in [6.45, 7) is 0. The number of furan rings is 1. The lowest BCUT2D eigenvalue weighted by atomic mass is 10.1. The van der Waals surface area contributed by atoms with Crippen LogP contribution in [0.4, 0.5) is 0 Å². The molecule has 7 aromatic rings. The van der Waals surface area contributed by atoms with E-state index in [4.69, 9.17) is 9.40 Å². The summed E-state index contributed by atoms with van der Waals surface area (Å²) in [6.07, 6.45) is 1.98. The zero-order valence-corrected chi connectivity index (χ0v) is 16.0. The summed E-state index contributed by atoms with van der Waals surface area (Å²) in [5.74, 6) is 0. The second kappa shape index (κ2) is 5.71. The molecule has 3 heterocycles. The van der Waals surface area contributed by atoms with Gasteiger partial charge in [0.25, 0.3) is 0 Å². The Balaban J connectivity index is 1.94. The van der Waals surface area contributed by atoms with Crippen LogP contribution in [0.5, 0.6) is 0 Å². The van der Waals surface area contributed by atoms with Crippen LogP contribution in [0.2, 0.25) is 0 Å². The molecule has 140 valence electrons. The van der Waals surface area contributed by atoms with Crippen LogP contribution < -0.4 is 0 Å². The highest BCUT2D eigenvalue weighted by molar-refractivity contribution is 6.27. The molecule has 0 aliphatic rings. The molecule has 0 aliphatic heterocycles. The van der Waals surface area contributed by atoms with Crippen molar-refractivity contribution < 1.29 is 4.42 Å². The predicted molar refractivity (Wildman–Crippen MR) is 123 cm³/mol. The molecular formula is C27H16N2O. The summed E-state index contributed by atoms with van der Waals surface area (Å²) in [7, 11) is 0. The van der Waals surface area contributed by atoms with Crippen molar-refractivity contribution in [2.75, 3.05) is 0 Å². The van der Waals surface area contributed by atoms with Crippen LogP contribution in [0.25, 0.3) is 60.3 Å². The summed E-state index contributed by atoms with van der Waals surface area (Å²) >= 11 is 0. The van der Waals surface area contributed by atoms with Gasteiger partial charge in [-0.25, -0.2) is 0 Å².